The van der Waals surface area contributed by atoms with Gasteiger partial charge in [-0.15, -0.1) is 0 Å². The van der Waals surface area contributed by atoms with Crippen molar-refractivity contribution in [3.63, 3.8) is 0 Å². The topological polar surface area (TPSA) is 83.0 Å². The van der Waals surface area contributed by atoms with Crippen LogP contribution in [-0.4, -0.2) is 21.0 Å². The van der Waals surface area contributed by atoms with Crippen LogP contribution in [0.15, 0.2) is 11.0 Å². The molecule has 1 saturated carbocycles. The number of hydrogen-bond donors (Lipinski definition) is 2. The number of rotatable bonds is 2. The molecule has 1 aromatic rings. The highest BCUT2D eigenvalue weighted by atomic mass is 16.4. The maximum Gasteiger partial charge on any atom is 0.342 e. The lowest BCUT2D eigenvalue weighted by Gasteiger charge is -2.02. The van der Waals surface area contributed by atoms with Gasteiger partial charge in [-0.25, -0.2) is 9.78 Å². The number of H-pyrrole nitrogens is 1. The third-order valence-electron chi connectivity index (χ3n) is 2.89. The fraction of sp³-hybridized carbons (Fsp3) is 0.500. The normalized spacial score (nSPS) is 22.4. The molecule has 1 atom stereocenters. The molecule has 0 saturated heterocycles. The van der Waals surface area contributed by atoms with Crippen LogP contribution >= 0.6 is 0 Å². The quantitative estimate of drug-likeness (QED) is 0.758. The number of aromatic amines is 1. The zero-order valence-electron chi connectivity index (χ0n) is 8.57. The second-order valence-corrected chi connectivity index (χ2v) is 4.56. The van der Waals surface area contributed by atoms with Gasteiger partial charge in [0.25, 0.3) is 5.56 Å². The Morgan fingerprint density at radius 1 is 1.67 bits per heavy atom. The predicted octanol–water partition coefficient (Wildman–Crippen LogP) is 0.982. The van der Waals surface area contributed by atoms with Crippen LogP contribution in [0.2, 0.25) is 0 Å². The van der Waals surface area contributed by atoms with Gasteiger partial charge >= 0.3 is 5.97 Å². The summed E-state index contributed by atoms with van der Waals surface area (Å²) in [5.41, 5.74) is -0.715. The second kappa shape index (κ2) is 2.92. The van der Waals surface area contributed by atoms with Crippen molar-refractivity contribution in [2.45, 2.75) is 26.2 Å². The Hall–Kier alpha value is -1.65. The van der Waals surface area contributed by atoms with E-state index in [2.05, 4.69) is 23.8 Å². The fourth-order valence-corrected chi connectivity index (χ4v) is 1.67. The summed E-state index contributed by atoms with van der Waals surface area (Å²) in [4.78, 5) is 28.4. The van der Waals surface area contributed by atoms with E-state index in [4.69, 9.17) is 5.11 Å². The molecule has 0 radical (unpaired) electrons. The number of carboxylic acids is 1. The number of nitrogens with one attached hydrogen (secondary N) is 1. The maximum absolute atomic E-state index is 11.3. The predicted molar refractivity (Wildman–Crippen MR) is 53.0 cm³/mol. The van der Waals surface area contributed by atoms with E-state index in [9.17, 15) is 9.59 Å². The van der Waals surface area contributed by atoms with Crippen molar-refractivity contribution in [2.75, 3.05) is 0 Å². The van der Waals surface area contributed by atoms with Crippen LogP contribution in [0.3, 0.4) is 0 Å². The van der Waals surface area contributed by atoms with Crippen molar-refractivity contribution < 1.29 is 9.90 Å². The average molecular weight is 208 g/mol. The summed E-state index contributed by atoms with van der Waals surface area (Å²) in [6.07, 6.45) is 2.10. The maximum atomic E-state index is 11.3. The van der Waals surface area contributed by atoms with Crippen molar-refractivity contribution >= 4 is 5.97 Å². The first-order valence-electron chi connectivity index (χ1n) is 4.74. The van der Waals surface area contributed by atoms with Crippen molar-refractivity contribution in [1.82, 2.24) is 9.97 Å². The van der Waals surface area contributed by atoms with Crippen LogP contribution in [0.4, 0.5) is 0 Å². The van der Waals surface area contributed by atoms with Gasteiger partial charge in [-0.2, -0.15) is 0 Å². The molecule has 0 bridgehead atoms. The lowest BCUT2D eigenvalue weighted by Crippen LogP contribution is -2.20. The van der Waals surface area contributed by atoms with E-state index < -0.39 is 11.5 Å². The molecular weight excluding hydrogens is 196 g/mol. The van der Waals surface area contributed by atoms with Gasteiger partial charge in [-0.3, -0.25) is 4.79 Å². The Labute approximate surface area is 86.2 Å². The van der Waals surface area contributed by atoms with Crippen LogP contribution in [0.5, 0.6) is 0 Å². The lowest BCUT2D eigenvalue weighted by atomic mass is 10.1. The highest BCUT2D eigenvalue weighted by Gasteiger charge is 2.48. The number of nitrogens with zero attached hydrogens (tertiary/aromatic N) is 1. The molecule has 5 heteroatoms. The molecule has 1 heterocycles. The SMILES string of the molecule is CC1(C)CC1c1ncc(C(=O)O)c(=O)[nH]1. The van der Waals surface area contributed by atoms with Crippen LogP contribution < -0.4 is 5.56 Å². The lowest BCUT2D eigenvalue weighted by molar-refractivity contribution is 0.0694. The largest absolute Gasteiger partial charge is 0.477 e. The molecule has 2 rings (SSSR count). The van der Waals surface area contributed by atoms with E-state index in [0.717, 1.165) is 12.6 Å². The van der Waals surface area contributed by atoms with Gasteiger partial charge in [-0.1, -0.05) is 13.8 Å². The number of carbonyl (C=O) groups is 1. The molecule has 15 heavy (non-hydrogen) atoms. The van der Waals surface area contributed by atoms with E-state index in [-0.39, 0.29) is 16.9 Å². The van der Waals surface area contributed by atoms with E-state index in [1.54, 1.807) is 0 Å². The number of carboxylic acid groups (broad SMARTS) is 1. The van der Waals surface area contributed by atoms with E-state index >= 15 is 0 Å². The van der Waals surface area contributed by atoms with Crippen molar-refractivity contribution in [3.05, 3.63) is 27.9 Å². The Balaban J connectivity index is 2.35. The fourth-order valence-electron chi connectivity index (χ4n) is 1.67. The minimum Gasteiger partial charge on any atom is -0.477 e. The molecular formula is C10H12N2O3. The highest BCUT2D eigenvalue weighted by Crippen LogP contribution is 2.57. The molecule has 1 unspecified atom stereocenters. The summed E-state index contributed by atoms with van der Waals surface area (Å²) in [5, 5.41) is 8.65. The Morgan fingerprint density at radius 2 is 2.27 bits per heavy atom. The molecule has 0 aliphatic heterocycles. The summed E-state index contributed by atoms with van der Waals surface area (Å²) >= 11 is 0. The number of aromatic nitrogens is 2. The van der Waals surface area contributed by atoms with Crippen molar-refractivity contribution in [2.24, 2.45) is 5.41 Å². The molecule has 0 spiro atoms. The summed E-state index contributed by atoms with van der Waals surface area (Å²) in [6, 6.07) is 0. The van der Waals surface area contributed by atoms with E-state index in [1.807, 2.05) is 0 Å². The van der Waals surface area contributed by atoms with Crippen LogP contribution in [0, 0.1) is 5.41 Å². The van der Waals surface area contributed by atoms with Gasteiger partial charge in [0.05, 0.1) is 0 Å². The Bertz CT molecular complexity index is 476. The Kier molecular flexibility index (Phi) is 1.92. The van der Waals surface area contributed by atoms with Crippen LogP contribution in [0.25, 0.3) is 0 Å². The standard InChI is InChI=1S/C10H12N2O3/c1-10(2)3-6(10)7-11-4-5(9(14)15)8(13)12-7/h4,6H,3H2,1-2H3,(H,14,15)(H,11,12,13). The van der Waals surface area contributed by atoms with E-state index in [1.165, 1.54) is 0 Å². The molecule has 0 aromatic carbocycles. The summed E-state index contributed by atoms with van der Waals surface area (Å²) in [7, 11) is 0. The first-order chi connectivity index (χ1) is 6.92. The van der Waals surface area contributed by atoms with Gasteiger partial charge in [0.2, 0.25) is 0 Å². The second-order valence-electron chi connectivity index (χ2n) is 4.56. The Morgan fingerprint density at radius 3 is 2.67 bits per heavy atom. The smallest absolute Gasteiger partial charge is 0.342 e. The monoisotopic (exact) mass is 208 g/mol. The third kappa shape index (κ3) is 1.65. The van der Waals surface area contributed by atoms with Crippen molar-refractivity contribution in [1.29, 1.82) is 0 Å². The van der Waals surface area contributed by atoms with Gasteiger partial charge < -0.3 is 10.1 Å². The summed E-state index contributed by atoms with van der Waals surface area (Å²) in [5.74, 6) is -0.409. The summed E-state index contributed by atoms with van der Waals surface area (Å²) < 4.78 is 0. The minimum atomic E-state index is -1.25. The van der Waals surface area contributed by atoms with Gasteiger partial charge in [0.1, 0.15) is 11.4 Å². The van der Waals surface area contributed by atoms with Crippen LogP contribution in [-0.2, 0) is 0 Å². The zero-order valence-corrected chi connectivity index (χ0v) is 8.57. The molecule has 5 nitrogen and oxygen atoms in total. The molecule has 0 amide bonds. The highest BCUT2D eigenvalue weighted by molar-refractivity contribution is 5.86. The van der Waals surface area contributed by atoms with Crippen molar-refractivity contribution in [3.8, 4) is 0 Å². The number of hydrogen-bond acceptors (Lipinski definition) is 3. The van der Waals surface area contributed by atoms with Crippen LogP contribution in [0.1, 0.15) is 42.4 Å². The summed E-state index contributed by atoms with van der Waals surface area (Å²) in [6.45, 7) is 4.17. The van der Waals surface area contributed by atoms with Gasteiger partial charge in [0, 0.05) is 12.1 Å². The molecule has 1 aliphatic carbocycles. The van der Waals surface area contributed by atoms with Gasteiger partial charge in [0.15, 0.2) is 0 Å². The first kappa shape index (κ1) is 9.89. The number of aromatic carboxylic acids is 1. The molecule has 1 fully saturated rings. The minimum absolute atomic E-state index is 0.167. The van der Waals surface area contributed by atoms with Gasteiger partial charge in [-0.05, 0) is 11.8 Å². The first-order valence-corrected chi connectivity index (χ1v) is 4.74. The molecule has 80 valence electrons. The average Bonchev–Trinajstić information content (AvgIpc) is 2.74. The molecule has 1 aromatic heterocycles. The molecule has 2 N–H and O–H groups in total. The van der Waals surface area contributed by atoms with E-state index in [0.29, 0.717) is 5.82 Å². The third-order valence-corrected chi connectivity index (χ3v) is 2.89. The zero-order chi connectivity index (χ0) is 11.2. The molecule has 1 aliphatic rings.